The number of hydrogen-bond acceptors (Lipinski definition) is 3. The molecular formula is C22H22FN3O2. The zero-order valence-electron chi connectivity index (χ0n) is 15.9. The van der Waals surface area contributed by atoms with Gasteiger partial charge in [0, 0.05) is 42.3 Å². The maximum Gasteiger partial charge on any atom is 0.295 e. The summed E-state index contributed by atoms with van der Waals surface area (Å²) in [6.45, 7) is 5.03. The van der Waals surface area contributed by atoms with Gasteiger partial charge >= 0.3 is 0 Å². The van der Waals surface area contributed by atoms with Gasteiger partial charge < -0.3 is 14.8 Å². The molecule has 1 aliphatic rings. The van der Waals surface area contributed by atoms with Crippen molar-refractivity contribution in [3.05, 3.63) is 65.6 Å². The van der Waals surface area contributed by atoms with Crippen molar-refractivity contribution in [1.29, 1.82) is 0 Å². The van der Waals surface area contributed by atoms with Gasteiger partial charge in [0.25, 0.3) is 11.7 Å². The number of anilines is 1. The molecule has 1 aliphatic heterocycles. The lowest BCUT2D eigenvalue weighted by atomic mass is 10.0. The van der Waals surface area contributed by atoms with Crippen LogP contribution in [0.5, 0.6) is 0 Å². The lowest BCUT2D eigenvalue weighted by Gasteiger charge is -2.40. The number of nitrogens with one attached hydrogen (secondary N) is 1. The third-order valence-corrected chi connectivity index (χ3v) is 5.40. The number of nitrogens with zero attached hydrogens (tertiary/aromatic N) is 2. The van der Waals surface area contributed by atoms with Gasteiger partial charge in [-0.25, -0.2) is 4.39 Å². The molecule has 0 bridgehead atoms. The number of aromatic amines is 1. The van der Waals surface area contributed by atoms with Crippen LogP contribution in [0.1, 0.15) is 23.0 Å². The predicted octanol–water partition coefficient (Wildman–Crippen LogP) is 3.54. The molecule has 1 saturated heterocycles. The lowest BCUT2D eigenvalue weighted by Crippen LogP contribution is -2.55. The number of H-pyrrole nitrogens is 1. The Kier molecular flexibility index (Phi) is 4.63. The van der Waals surface area contributed by atoms with Crippen LogP contribution in [-0.2, 0) is 4.79 Å². The minimum absolute atomic E-state index is 0.199. The van der Waals surface area contributed by atoms with Gasteiger partial charge in [0.2, 0.25) is 0 Å². The molecule has 3 aromatic rings. The second-order valence-electron chi connectivity index (χ2n) is 7.24. The highest BCUT2D eigenvalue weighted by molar-refractivity contribution is 6.45. The molecule has 1 aromatic heterocycles. The van der Waals surface area contributed by atoms with E-state index in [-0.39, 0.29) is 11.9 Å². The number of rotatable bonds is 3. The molecule has 0 saturated carbocycles. The summed E-state index contributed by atoms with van der Waals surface area (Å²) in [5.41, 5.74) is 2.50. The normalized spacial score (nSPS) is 17.2. The summed E-state index contributed by atoms with van der Waals surface area (Å²) in [7, 11) is 0. The van der Waals surface area contributed by atoms with Crippen molar-refractivity contribution < 1.29 is 14.0 Å². The monoisotopic (exact) mass is 379 g/mol. The van der Waals surface area contributed by atoms with Crippen molar-refractivity contribution >= 4 is 28.3 Å². The maximum atomic E-state index is 14.1. The number of aryl methyl sites for hydroxylation is 1. The van der Waals surface area contributed by atoms with Crippen LogP contribution in [0.15, 0.2) is 48.5 Å². The predicted molar refractivity (Wildman–Crippen MR) is 107 cm³/mol. The third-order valence-electron chi connectivity index (χ3n) is 5.40. The van der Waals surface area contributed by atoms with Gasteiger partial charge in [0.15, 0.2) is 0 Å². The van der Waals surface area contributed by atoms with Gasteiger partial charge in [0.1, 0.15) is 5.82 Å². The van der Waals surface area contributed by atoms with Crippen molar-refractivity contribution in [3.63, 3.8) is 0 Å². The third kappa shape index (κ3) is 3.05. The summed E-state index contributed by atoms with van der Waals surface area (Å²) in [6.07, 6.45) is 0. The number of carbonyl (C=O) groups excluding carboxylic acids is 2. The summed E-state index contributed by atoms with van der Waals surface area (Å²) >= 11 is 0. The summed E-state index contributed by atoms with van der Waals surface area (Å²) in [4.78, 5) is 32.7. The number of para-hydroxylation sites is 2. The molecule has 1 fully saturated rings. The average Bonchev–Trinajstić information content (AvgIpc) is 3.03. The largest absolute Gasteiger partial charge is 0.365 e. The van der Waals surface area contributed by atoms with Gasteiger partial charge in [-0.3, -0.25) is 9.59 Å². The Morgan fingerprint density at radius 2 is 1.79 bits per heavy atom. The smallest absolute Gasteiger partial charge is 0.295 e. The molecule has 1 atom stereocenters. The van der Waals surface area contributed by atoms with Gasteiger partial charge in [-0.05, 0) is 32.0 Å². The van der Waals surface area contributed by atoms with Crippen LogP contribution in [0.2, 0.25) is 0 Å². The number of fused-ring (bicyclic) bond motifs is 1. The first-order chi connectivity index (χ1) is 13.5. The number of halogens is 1. The Morgan fingerprint density at radius 3 is 2.54 bits per heavy atom. The minimum atomic E-state index is -0.506. The number of benzene rings is 2. The van der Waals surface area contributed by atoms with Crippen LogP contribution in [0.25, 0.3) is 10.9 Å². The number of hydrogen-bond donors (Lipinski definition) is 1. The Bertz CT molecular complexity index is 1060. The molecule has 0 spiro atoms. The topological polar surface area (TPSA) is 56.4 Å². The summed E-state index contributed by atoms with van der Waals surface area (Å²) in [5.74, 6) is -1.28. The molecule has 1 unspecified atom stereocenters. The average molecular weight is 379 g/mol. The quantitative estimate of drug-likeness (QED) is 0.559. The second-order valence-corrected chi connectivity index (χ2v) is 7.24. The van der Waals surface area contributed by atoms with E-state index in [0.717, 1.165) is 10.9 Å². The Morgan fingerprint density at radius 1 is 1.07 bits per heavy atom. The fourth-order valence-electron chi connectivity index (χ4n) is 3.99. The van der Waals surface area contributed by atoms with Crippen molar-refractivity contribution in [2.45, 2.75) is 19.9 Å². The fourth-order valence-corrected chi connectivity index (χ4v) is 3.99. The van der Waals surface area contributed by atoms with Crippen molar-refractivity contribution in [3.8, 4) is 0 Å². The molecule has 5 nitrogen and oxygen atoms in total. The van der Waals surface area contributed by atoms with Gasteiger partial charge in [0.05, 0.1) is 11.3 Å². The molecular weight excluding hydrogens is 357 g/mol. The highest BCUT2D eigenvalue weighted by Gasteiger charge is 2.33. The molecule has 0 radical (unpaired) electrons. The number of aromatic nitrogens is 1. The number of ketones is 1. The van der Waals surface area contributed by atoms with Gasteiger partial charge in [-0.2, -0.15) is 0 Å². The first kappa shape index (κ1) is 18.2. The van der Waals surface area contributed by atoms with E-state index in [4.69, 9.17) is 0 Å². The molecule has 2 aromatic carbocycles. The first-order valence-electron chi connectivity index (χ1n) is 9.39. The highest BCUT2D eigenvalue weighted by Crippen LogP contribution is 2.25. The maximum absolute atomic E-state index is 14.1. The molecule has 2 heterocycles. The number of carbonyl (C=O) groups is 2. The van der Waals surface area contributed by atoms with Crippen LogP contribution in [0.4, 0.5) is 10.1 Å². The zero-order valence-corrected chi connectivity index (χ0v) is 15.9. The minimum Gasteiger partial charge on any atom is -0.365 e. The van der Waals surface area contributed by atoms with Crippen molar-refractivity contribution in [1.82, 2.24) is 9.88 Å². The van der Waals surface area contributed by atoms with Crippen LogP contribution in [-0.4, -0.2) is 47.3 Å². The van der Waals surface area contributed by atoms with Crippen LogP contribution in [0.3, 0.4) is 0 Å². The standard InChI is InChI=1S/C22H22FN3O2/c1-14-13-25(19-10-6-4-8-17(19)23)11-12-26(14)22(28)21(27)20-15(2)24-18-9-5-3-7-16(18)20/h3-10,14,24H,11-13H2,1-2H3. The fraction of sp³-hybridized carbons (Fsp3) is 0.273. The van der Waals surface area contributed by atoms with E-state index in [1.807, 2.05) is 36.1 Å². The lowest BCUT2D eigenvalue weighted by molar-refractivity contribution is -0.128. The molecule has 28 heavy (non-hydrogen) atoms. The van der Waals surface area contributed by atoms with E-state index in [9.17, 15) is 14.0 Å². The number of piperazine rings is 1. The van der Waals surface area contributed by atoms with E-state index in [1.54, 1.807) is 30.0 Å². The summed E-state index contributed by atoms with van der Waals surface area (Å²) in [6, 6.07) is 13.9. The molecule has 0 aliphatic carbocycles. The van der Waals surface area contributed by atoms with E-state index in [0.29, 0.717) is 36.6 Å². The van der Waals surface area contributed by atoms with Crippen LogP contribution in [0, 0.1) is 12.7 Å². The summed E-state index contributed by atoms with van der Waals surface area (Å²) in [5, 5.41) is 0.760. The Hall–Kier alpha value is -3.15. The highest BCUT2D eigenvalue weighted by atomic mass is 19.1. The number of amides is 1. The zero-order chi connectivity index (χ0) is 19.8. The SMILES string of the molecule is Cc1[nH]c2ccccc2c1C(=O)C(=O)N1CCN(c2ccccc2F)CC1C. The molecule has 1 N–H and O–H groups in total. The Balaban J connectivity index is 1.55. The molecule has 4 rings (SSSR count). The molecule has 144 valence electrons. The van der Waals surface area contributed by atoms with E-state index in [1.165, 1.54) is 6.07 Å². The van der Waals surface area contributed by atoms with Crippen LogP contribution < -0.4 is 4.90 Å². The van der Waals surface area contributed by atoms with E-state index < -0.39 is 11.7 Å². The van der Waals surface area contributed by atoms with Crippen molar-refractivity contribution in [2.75, 3.05) is 24.5 Å². The first-order valence-corrected chi connectivity index (χ1v) is 9.39. The number of Topliss-reactive ketones (excluding diaryl/α,β-unsaturated/α-hetero) is 1. The molecule has 6 heteroatoms. The van der Waals surface area contributed by atoms with Crippen LogP contribution >= 0.6 is 0 Å². The van der Waals surface area contributed by atoms with Crippen molar-refractivity contribution in [2.24, 2.45) is 0 Å². The van der Waals surface area contributed by atoms with E-state index >= 15 is 0 Å². The Labute approximate surface area is 162 Å². The van der Waals surface area contributed by atoms with E-state index in [2.05, 4.69) is 4.98 Å². The van der Waals surface area contributed by atoms with Gasteiger partial charge in [-0.15, -0.1) is 0 Å². The summed E-state index contributed by atoms with van der Waals surface area (Å²) < 4.78 is 14.1. The van der Waals surface area contributed by atoms with Gasteiger partial charge in [-0.1, -0.05) is 30.3 Å². The second kappa shape index (κ2) is 7.11. The molecule has 1 amide bonds.